The third-order valence-corrected chi connectivity index (χ3v) is 1.14. The number of ether oxygens (including phenoxy) is 1. The lowest BCUT2D eigenvalue weighted by Gasteiger charge is -1.94. The third kappa shape index (κ3) is 1.74. The number of nitrogens with zero attached hydrogens (tertiary/aromatic N) is 1. The highest BCUT2D eigenvalue weighted by molar-refractivity contribution is 5.36. The predicted octanol–water partition coefficient (Wildman–Crippen LogP) is 1.53. The minimum Gasteiger partial charge on any atom is -0.408 e. The van der Waals surface area contributed by atoms with E-state index in [0.717, 1.165) is 0 Å². The summed E-state index contributed by atoms with van der Waals surface area (Å²) >= 11 is 0. The van der Waals surface area contributed by atoms with Crippen molar-refractivity contribution in [1.82, 2.24) is 0 Å². The normalized spacial score (nSPS) is 7.82. The molecule has 0 aliphatic rings. The Morgan fingerprint density at radius 2 is 2.27 bits per heavy atom. The fourth-order valence-corrected chi connectivity index (χ4v) is 0.697. The van der Waals surface area contributed by atoms with E-state index in [4.69, 9.17) is 16.4 Å². The van der Waals surface area contributed by atoms with E-state index in [-0.39, 0.29) is 0 Å². The molecule has 0 fully saturated rings. The van der Waals surface area contributed by atoms with Gasteiger partial charge >= 0.3 is 0 Å². The van der Waals surface area contributed by atoms with Crippen LogP contribution in [-0.2, 0) is 0 Å². The molecule has 0 bridgehead atoms. The molecule has 0 aliphatic carbocycles. The molecule has 0 unspecified atom stereocenters. The lowest BCUT2D eigenvalue weighted by molar-refractivity contribution is 0.520. The van der Waals surface area contributed by atoms with Crippen molar-refractivity contribution in [1.29, 1.82) is 5.26 Å². The van der Waals surface area contributed by atoms with Crippen LogP contribution in [0.15, 0.2) is 24.3 Å². The van der Waals surface area contributed by atoms with Crippen molar-refractivity contribution < 1.29 is 4.74 Å². The Morgan fingerprint density at radius 1 is 1.45 bits per heavy atom. The topological polar surface area (TPSA) is 33.0 Å². The second-order valence-corrected chi connectivity index (χ2v) is 1.86. The van der Waals surface area contributed by atoms with E-state index in [1.807, 2.05) is 12.2 Å². The fourth-order valence-electron chi connectivity index (χ4n) is 0.697. The molecule has 11 heavy (non-hydrogen) atoms. The molecule has 1 aromatic carbocycles. The Labute approximate surface area is 65.0 Å². The van der Waals surface area contributed by atoms with Gasteiger partial charge in [-0.25, -0.2) is 0 Å². The van der Waals surface area contributed by atoms with E-state index in [1.165, 1.54) is 0 Å². The van der Waals surface area contributed by atoms with Crippen LogP contribution < -0.4 is 4.74 Å². The second-order valence-electron chi connectivity index (χ2n) is 1.86. The van der Waals surface area contributed by atoms with E-state index in [1.54, 1.807) is 24.3 Å². The van der Waals surface area contributed by atoms with Gasteiger partial charge in [0.05, 0.1) is 11.6 Å². The summed E-state index contributed by atoms with van der Waals surface area (Å²) in [4.78, 5) is 0. The van der Waals surface area contributed by atoms with Crippen molar-refractivity contribution in [2.24, 2.45) is 0 Å². The van der Waals surface area contributed by atoms with Crippen LogP contribution in [0.3, 0.4) is 0 Å². The molecule has 1 aromatic rings. The molecule has 2 heteroatoms. The largest absolute Gasteiger partial charge is 0.408 e. The molecule has 0 N–H and O–H groups in total. The lowest BCUT2D eigenvalue weighted by atomic mass is 10.2. The quantitative estimate of drug-likeness (QED) is 0.558. The van der Waals surface area contributed by atoms with Gasteiger partial charge < -0.3 is 4.74 Å². The second kappa shape index (κ2) is 3.29. The van der Waals surface area contributed by atoms with Crippen LogP contribution in [0.1, 0.15) is 5.56 Å². The van der Waals surface area contributed by atoms with Crippen LogP contribution in [0.5, 0.6) is 5.75 Å². The van der Waals surface area contributed by atoms with E-state index >= 15 is 0 Å². The zero-order chi connectivity index (χ0) is 8.10. The lowest BCUT2D eigenvalue weighted by Crippen LogP contribution is -1.81. The number of benzene rings is 1. The van der Waals surface area contributed by atoms with Gasteiger partial charge in [-0.15, -0.1) is 0 Å². The van der Waals surface area contributed by atoms with Crippen LogP contribution in [0.4, 0.5) is 0 Å². The number of terminal acetylenes is 1. The van der Waals surface area contributed by atoms with Crippen molar-refractivity contribution in [3.63, 3.8) is 0 Å². The Bertz CT molecular complexity index is 330. The molecule has 52 valence electrons. The maximum absolute atomic E-state index is 8.47. The van der Waals surface area contributed by atoms with Crippen LogP contribution in [0, 0.1) is 23.9 Å². The molecular weight excluding hydrogens is 138 g/mol. The van der Waals surface area contributed by atoms with E-state index < -0.39 is 0 Å². The van der Waals surface area contributed by atoms with Gasteiger partial charge in [-0.3, -0.25) is 0 Å². The molecule has 0 aliphatic heterocycles. The van der Waals surface area contributed by atoms with Crippen molar-refractivity contribution in [2.45, 2.75) is 0 Å². The molecule has 0 saturated heterocycles. The van der Waals surface area contributed by atoms with Crippen LogP contribution in [0.2, 0.25) is 0 Å². The molecule has 0 spiro atoms. The molecular formula is C9H5NO. The summed E-state index contributed by atoms with van der Waals surface area (Å²) in [5, 5.41) is 8.47. The first-order chi connectivity index (χ1) is 5.36. The molecule has 0 aromatic heterocycles. The van der Waals surface area contributed by atoms with Gasteiger partial charge in [0.1, 0.15) is 11.9 Å². The highest BCUT2D eigenvalue weighted by atomic mass is 16.5. The van der Waals surface area contributed by atoms with Crippen molar-refractivity contribution >= 4 is 0 Å². The van der Waals surface area contributed by atoms with Gasteiger partial charge in [-0.2, -0.15) is 5.26 Å². The Kier molecular flexibility index (Phi) is 2.15. The molecule has 1 rings (SSSR count). The Balaban J connectivity index is 2.96. The molecule has 0 saturated carbocycles. The van der Waals surface area contributed by atoms with Gasteiger partial charge in [0.15, 0.2) is 0 Å². The minimum absolute atomic E-state index is 0.520. The Hall–Kier alpha value is -1.93. The summed E-state index contributed by atoms with van der Waals surface area (Å²) in [6, 6.07) is 8.65. The number of nitriles is 1. The third-order valence-electron chi connectivity index (χ3n) is 1.14. The summed E-state index contributed by atoms with van der Waals surface area (Å²) in [7, 11) is 0. The first kappa shape index (κ1) is 7.18. The number of rotatable bonds is 1. The first-order valence-electron chi connectivity index (χ1n) is 2.99. The van der Waals surface area contributed by atoms with Crippen LogP contribution in [0.25, 0.3) is 0 Å². The minimum atomic E-state index is 0.520. The van der Waals surface area contributed by atoms with Crippen molar-refractivity contribution in [3.05, 3.63) is 29.8 Å². The highest BCUT2D eigenvalue weighted by Gasteiger charge is 1.92. The van der Waals surface area contributed by atoms with Crippen molar-refractivity contribution in [3.8, 4) is 24.3 Å². The number of hydrogen-bond donors (Lipinski definition) is 0. The van der Waals surface area contributed by atoms with Gasteiger partial charge in [-0.1, -0.05) is 12.5 Å². The average molecular weight is 143 g/mol. The molecule has 0 radical (unpaired) electrons. The molecule has 0 amide bonds. The first-order valence-corrected chi connectivity index (χ1v) is 2.99. The SMILES string of the molecule is C#COc1cccc(C#N)c1. The smallest absolute Gasteiger partial charge is 0.141 e. The molecule has 0 atom stereocenters. The van der Waals surface area contributed by atoms with Crippen LogP contribution >= 0.6 is 0 Å². The summed E-state index contributed by atoms with van der Waals surface area (Å²) in [5.74, 6) is 0.520. The van der Waals surface area contributed by atoms with Gasteiger partial charge in [0.25, 0.3) is 0 Å². The maximum atomic E-state index is 8.47. The van der Waals surface area contributed by atoms with E-state index in [0.29, 0.717) is 11.3 Å². The summed E-state index contributed by atoms with van der Waals surface area (Å²) in [5.41, 5.74) is 0.540. The zero-order valence-electron chi connectivity index (χ0n) is 5.74. The summed E-state index contributed by atoms with van der Waals surface area (Å²) in [6.07, 6.45) is 6.92. The average Bonchev–Trinajstić information content (AvgIpc) is 2.06. The standard InChI is InChI=1S/C9H5NO/c1-2-11-9-5-3-4-8(6-9)7-10/h1,3-6H. The van der Waals surface area contributed by atoms with E-state index in [9.17, 15) is 0 Å². The van der Waals surface area contributed by atoms with Gasteiger partial charge in [-0.05, 0) is 18.2 Å². The summed E-state index contributed by atoms with van der Waals surface area (Å²) in [6.45, 7) is 0. The summed E-state index contributed by atoms with van der Waals surface area (Å²) < 4.78 is 4.72. The van der Waals surface area contributed by atoms with E-state index in [2.05, 4.69) is 0 Å². The van der Waals surface area contributed by atoms with Crippen molar-refractivity contribution in [2.75, 3.05) is 0 Å². The highest BCUT2D eigenvalue weighted by Crippen LogP contribution is 2.11. The predicted molar refractivity (Wildman–Crippen MR) is 40.6 cm³/mol. The monoisotopic (exact) mass is 143 g/mol. The maximum Gasteiger partial charge on any atom is 0.141 e. The van der Waals surface area contributed by atoms with Gasteiger partial charge in [0, 0.05) is 0 Å². The molecule has 0 heterocycles. The molecule has 2 nitrogen and oxygen atoms in total. The number of hydrogen-bond acceptors (Lipinski definition) is 2. The zero-order valence-corrected chi connectivity index (χ0v) is 5.74. The van der Waals surface area contributed by atoms with Crippen LogP contribution in [-0.4, -0.2) is 0 Å². The van der Waals surface area contributed by atoms with Gasteiger partial charge in [0.2, 0.25) is 0 Å². The Morgan fingerprint density at radius 3 is 2.91 bits per heavy atom. The fraction of sp³-hybridized carbons (Fsp3) is 0.